The van der Waals surface area contributed by atoms with Crippen LogP contribution in [0.5, 0.6) is 0 Å². The first kappa shape index (κ1) is 12.1. The van der Waals surface area contributed by atoms with E-state index in [4.69, 9.17) is 11.6 Å². The predicted octanol–water partition coefficient (Wildman–Crippen LogP) is 2.74. The van der Waals surface area contributed by atoms with Crippen LogP contribution in [0.4, 0.5) is 0 Å². The van der Waals surface area contributed by atoms with Gasteiger partial charge in [0.1, 0.15) is 10.4 Å². The normalized spacial score (nSPS) is 12.1. The standard InChI is InChI=1S/C12H11ClN2OS/c13-11(9-4-2-1-3-5-9)12(16)15-8-10-14-6-7-17-10/h1-7,11H,8H2,(H,15,16). The van der Waals surface area contributed by atoms with Crippen molar-refractivity contribution in [3.05, 3.63) is 52.5 Å². The van der Waals surface area contributed by atoms with Crippen LogP contribution in [-0.2, 0) is 11.3 Å². The smallest absolute Gasteiger partial charge is 0.242 e. The summed E-state index contributed by atoms with van der Waals surface area (Å²) in [6.45, 7) is 0.423. The summed E-state index contributed by atoms with van der Waals surface area (Å²) >= 11 is 7.57. The SMILES string of the molecule is O=C(NCc1nccs1)C(Cl)c1ccccc1. The second-order valence-corrected chi connectivity index (χ2v) is 4.83. The summed E-state index contributed by atoms with van der Waals surface area (Å²) in [4.78, 5) is 15.9. The summed E-state index contributed by atoms with van der Waals surface area (Å²) in [5, 5.41) is 4.85. The second kappa shape index (κ2) is 5.80. The fraction of sp³-hybridized carbons (Fsp3) is 0.167. The summed E-state index contributed by atoms with van der Waals surface area (Å²) in [7, 11) is 0. The molecule has 0 spiro atoms. The number of carbonyl (C=O) groups excluding carboxylic acids is 1. The largest absolute Gasteiger partial charge is 0.348 e. The van der Waals surface area contributed by atoms with Crippen molar-refractivity contribution in [1.82, 2.24) is 10.3 Å². The minimum absolute atomic E-state index is 0.201. The van der Waals surface area contributed by atoms with Crippen molar-refractivity contribution in [2.45, 2.75) is 11.9 Å². The molecule has 0 aliphatic rings. The molecule has 5 heteroatoms. The molecule has 1 aromatic carbocycles. The van der Waals surface area contributed by atoms with Crippen molar-refractivity contribution in [3.63, 3.8) is 0 Å². The molecule has 17 heavy (non-hydrogen) atoms. The number of carbonyl (C=O) groups is 1. The number of amides is 1. The van der Waals surface area contributed by atoms with Gasteiger partial charge in [-0.2, -0.15) is 0 Å². The lowest BCUT2D eigenvalue weighted by Gasteiger charge is -2.09. The van der Waals surface area contributed by atoms with Gasteiger partial charge in [-0.3, -0.25) is 4.79 Å². The van der Waals surface area contributed by atoms with Crippen LogP contribution in [0.15, 0.2) is 41.9 Å². The Morgan fingerprint density at radius 2 is 2.18 bits per heavy atom. The Bertz CT molecular complexity index is 473. The monoisotopic (exact) mass is 266 g/mol. The number of hydrogen-bond acceptors (Lipinski definition) is 3. The summed E-state index contributed by atoms with van der Waals surface area (Å²) in [6.07, 6.45) is 1.71. The van der Waals surface area contributed by atoms with E-state index in [9.17, 15) is 4.79 Å². The van der Waals surface area contributed by atoms with Gasteiger partial charge in [0.2, 0.25) is 5.91 Å². The average Bonchev–Trinajstić information content (AvgIpc) is 2.89. The Kier molecular flexibility index (Phi) is 4.12. The first-order valence-electron chi connectivity index (χ1n) is 5.12. The highest BCUT2D eigenvalue weighted by atomic mass is 35.5. The van der Waals surface area contributed by atoms with Crippen molar-refractivity contribution >= 4 is 28.8 Å². The Morgan fingerprint density at radius 1 is 1.41 bits per heavy atom. The van der Waals surface area contributed by atoms with E-state index in [1.54, 1.807) is 6.20 Å². The molecule has 1 unspecified atom stereocenters. The number of nitrogens with one attached hydrogen (secondary N) is 1. The molecule has 1 N–H and O–H groups in total. The second-order valence-electron chi connectivity index (χ2n) is 3.42. The van der Waals surface area contributed by atoms with Crippen molar-refractivity contribution in [2.24, 2.45) is 0 Å². The highest BCUT2D eigenvalue weighted by molar-refractivity contribution is 7.09. The van der Waals surface area contributed by atoms with Crippen molar-refractivity contribution in [2.75, 3.05) is 0 Å². The summed E-state index contributed by atoms with van der Waals surface area (Å²) in [5.74, 6) is -0.201. The van der Waals surface area contributed by atoms with E-state index >= 15 is 0 Å². The van der Waals surface area contributed by atoms with E-state index in [0.717, 1.165) is 10.6 Å². The molecule has 1 atom stereocenters. The molecule has 0 bridgehead atoms. The number of aromatic nitrogens is 1. The van der Waals surface area contributed by atoms with Gasteiger partial charge < -0.3 is 5.32 Å². The maximum absolute atomic E-state index is 11.8. The molecule has 3 nitrogen and oxygen atoms in total. The maximum atomic E-state index is 11.8. The third kappa shape index (κ3) is 3.28. The van der Waals surface area contributed by atoms with Crippen LogP contribution in [0.1, 0.15) is 15.9 Å². The zero-order valence-electron chi connectivity index (χ0n) is 8.97. The topological polar surface area (TPSA) is 42.0 Å². The van der Waals surface area contributed by atoms with E-state index in [0.29, 0.717) is 6.54 Å². The molecule has 0 radical (unpaired) electrons. The van der Waals surface area contributed by atoms with Crippen LogP contribution in [0.3, 0.4) is 0 Å². The van der Waals surface area contributed by atoms with Crippen LogP contribution in [0.25, 0.3) is 0 Å². The van der Waals surface area contributed by atoms with E-state index in [1.807, 2.05) is 35.7 Å². The van der Waals surface area contributed by atoms with Crippen molar-refractivity contribution < 1.29 is 4.79 Å². The number of rotatable bonds is 4. The van der Waals surface area contributed by atoms with Crippen molar-refractivity contribution in [3.8, 4) is 0 Å². The van der Waals surface area contributed by atoms with Gasteiger partial charge in [0.05, 0.1) is 6.54 Å². The number of halogens is 1. The minimum atomic E-state index is -0.656. The summed E-state index contributed by atoms with van der Waals surface area (Å²) < 4.78 is 0. The third-order valence-electron chi connectivity index (χ3n) is 2.22. The molecule has 0 aliphatic carbocycles. The van der Waals surface area contributed by atoms with Gasteiger partial charge in [0.15, 0.2) is 0 Å². The Balaban J connectivity index is 1.92. The van der Waals surface area contributed by atoms with Gasteiger partial charge in [-0.1, -0.05) is 30.3 Å². The highest BCUT2D eigenvalue weighted by Gasteiger charge is 2.16. The van der Waals surface area contributed by atoms with E-state index in [1.165, 1.54) is 11.3 Å². The molecule has 88 valence electrons. The number of benzene rings is 1. The molecule has 1 aromatic heterocycles. The van der Waals surface area contributed by atoms with Crippen LogP contribution >= 0.6 is 22.9 Å². The molecule has 2 aromatic rings. The number of hydrogen-bond donors (Lipinski definition) is 1. The Hall–Kier alpha value is -1.39. The molecule has 0 fully saturated rings. The maximum Gasteiger partial charge on any atom is 0.242 e. The molecule has 0 aliphatic heterocycles. The highest BCUT2D eigenvalue weighted by Crippen LogP contribution is 2.20. The average molecular weight is 267 g/mol. The van der Waals surface area contributed by atoms with Gasteiger partial charge in [-0.15, -0.1) is 22.9 Å². The predicted molar refractivity (Wildman–Crippen MR) is 69.0 cm³/mol. The third-order valence-corrected chi connectivity index (χ3v) is 3.45. The fourth-order valence-corrected chi connectivity index (χ4v) is 2.14. The van der Waals surface area contributed by atoms with Crippen LogP contribution in [-0.4, -0.2) is 10.9 Å². The van der Waals surface area contributed by atoms with Crippen molar-refractivity contribution in [1.29, 1.82) is 0 Å². The molecular formula is C12H11ClN2OS. The molecule has 1 amide bonds. The minimum Gasteiger partial charge on any atom is -0.348 e. The van der Waals surface area contributed by atoms with Gasteiger partial charge in [-0.05, 0) is 5.56 Å². The summed E-state index contributed by atoms with van der Waals surface area (Å²) in [6, 6.07) is 9.28. The van der Waals surface area contributed by atoms with Crippen LogP contribution in [0.2, 0.25) is 0 Å². The number of alkyl halides is 1. The molecule has 1 heterocycles. The zero-order chi connectivity index (χ0) is 12.1. The quantitative estimate of drug-likeness (QED) is 0.865. The van der Waals surface area contributed by atoms with E-state index in [2.05, 4.69) is 10.3 Å². The van der Waals surface area contributed by atoms with Gasteiger partial charge in [0.25, 0.3) is 0 Å². The number of nitrogens with zero attached hydrogens (tertiary/aromatic N) is 1. The van der Waals surface area contributed by atoms with Crippen LogP contribution in [0, 0.1) is 0 Å². The first-order valence-corrected chi connectivity index (χ1v) is 6.44. The van der Waals surface area contributed by atoms with Gasteiger partial charge >= 0.3 is 0 Å². The molecule has 0 saturated heterocycles. The Morgan fingerprint density at radius 3 is 2.82 bits per heavy atom. The lowest BCUT2D eigenvalue weighted by molar-refractivity contribution is -0.121. The zero-order valence-corrected chi connectivity index (χ0v) is 10.5. The first-order chi connectivity index (χ1) is 8.27. The molecule has 2 rings (SSSR count). The molecule has 0 saturated carbocycles. The fourth-order valence-electron chi connectivity index (χ4n) is 1.37. The molecular weight excluding hydrogens is 256 g/mol. The summed E-state index contributed by atoms with van der Waals surface area (Å²) in [5.41, 5.74) is 0.797. The lowest BCUT2D eigenvalue weighted by Crippen LogP contribution is -2.26. The van der Waals surface area contributed by atoms with Crippen LogP contribution < -0.4 is 5.32 Å². The van der Waals surface area contributed by atoms with Gasteiger partial charge in [0, 0.05) is 11.6 Å². The van der Waals surface area contributed by atoms with E-state index < -0.39 is 5.38 Å². The lowest BCUT2D eigenvalue weighted by atomic mass is 10.1. The van der Waals surface area contributed by atoms with E-state index in [-0.39, 0.29) is 5.91 Å². The number of thiazole rings is 1. The Labute approximate surface area is 108 Å². The van der Waals surface area contributed by atoms with Gasteiger partial charge in [-0.25, -0.2) is 4.98 Å².